The zero-order valence-corrected chi connectivity index (χ0v) is 16.9. The molecule has 0 radical (unpaired) electrons. The first-order valence-electron chi connectivity index (χ1n) is 9.31. The van der Waals surface area contributed by atoms with Gasteiger partial charge in [-0.15, -0.1) is 11.3 Å². The second kappa shape index (κ2) is 8.12. The molecule has 3 heterocycles. The minimum atomic E-state index is -0.200. The van der Waals surface area contributed by atoms with Crippen LogP contribution in [-0.2, 0) is 11.3 Å². The minimum Gasteiger partial charge on any atom is -0.467 e. The molecule has 1 atom stereocenters. The first-order chi connectivity index (χ1) is 13.6. The number of hydrazone groups is 1. The van der Waals surface area contributed by atoms with Crippen molar-refractivity contribution in [3.8, 4) is 0 Å². The number of thiophene rings is 1. The summed E-state index contributed by atoms with van der Waals surface area (Å²) in [5.41, 5.74) is 3.16. The number of carbonyl (C=O) groups is 1. The van der Waals surface area contributed by atoms with Gasteiger partial charge in [-0.1, -0.05) is 35.9 Å². The highest BCUT2D eigenvalue weighted by molar-refractivity contribution is 7.09. The van der Waals surface area contributed by atoms with Crippen molar-refractivity contribution < 1.29 is 9.21 Å². The van der Waals surface area contributed by atoms with Crippen molar-refractivity contribution in [1.82, 2.24) is 9.91 Å². The van der Waals surface area contributed by atoms with Crippen LogP contribution in [0.4, 0.5) is 0 Å². The van der Waals surface area contributed by atoms with Gasteiger partial charge in [0.15, 0.2) is 0 Å². The Kier molecular flexibility index (Phi) is 5.41. The number of rotatable bonds is 6. The van der Waals surface area contributed by atoms with Crippen molar-refractivity contribution in [2.45, 2.75) is 25.9 Å². The lowest BCUT2D eigenvalue weighted by molar-refractivity contribution is -0.134. The fourth-order valence-electron chi connectivity index (χ4n) is 3.39. The molecular formula is C22H23N3O2S. The molecule has 6 heteroatoms. The van der Waals surface area contributed by atoms with E-state index in [1.54, 1.807) is 22.6 Å². The van der Waals surface area contributed by atoms with Gasteiger partial charge in [0.05, 0.1) is 18.5 Å². The van der Waals surface area contributed by atoms with E-state index in [1.165, 1.54) is 10.4 Å². The maximum absolute atomic E-state index is 13.1. The molecule has 0 N–H and O–H groups in total. The lowest BCUT2D eigenvalue weighted by Crippen LogP contribution is -2.36. The first kappa shape index (κ1) is 18.7. The van der Waals surface area contributed by atoms with Crippen molar-refractivity contribution in [3.63, 3.8) is 0 Å². The summed E-state index contributed by atoms with van der Waals surface area (Å²) in [7, 11) is 1.96. The van der Waals surface area contributed by atoms with E-state index < -0.39 is 0 Å². The van der Waals surface area contributed by atoms with Crippen LogP contribution in [0.15, 0.2) is 69.7 Å². The fourth-order valence-corrected chi connectivity index (χ4v) is 4.18. The topological polar surface area (TPSA) is 49.1 Å². The summed E-state index contributed by atoms with van der Waals surface area (Å²) >= 11 is 1.70. The van der Waals surface area contributed by atoms with Gasteiger partial charge >= 0.3 is 0 Å². The van der Waals surface area contributed by atoms with E-state index in [0.717, 1.165) is 23.6 Å². The molecule has 144 valence electrons. The van der Waals surface area contributed by atoms with Gasteiger partial charge in [-0.05, 0) is 43.1 Å². The Labute approximate surface area is 168 Å². The fraction of sp³-hybridized carbons (Fsp3) is 0.273. The standard InChI is InChI=1S/C22H23N3O2S/c1-16-7-9-17(10-8-16)19-13-20(21-6-3-11-27-21)25(23-19)22(26)15-24(2)14-18-5-4-12-28-18/h3-12,20H,13-15H2,1-2H3/t20-/m1/s1. The number of amides is 1. The number of hydrogen-bond donors (Lipinski definition) is 0. The number of hydrogen-bond acceptors (Lipinski definition) is 5. The van der Waals surface area contributed by atoms with Crippen molar-refractivity contribution in [3.05, 3.63) is 81.9 Å². The maximum Gasteiger partial charge on any atom is 0.257 e. The molecule has 0 spiro atoms. The normalized spacial score (nSPS) is 16.6. The summed E-state index contributed by atoms with van der Waals surface area (Å²) in [5.74, 6) is 0.739. The van der Waals surface area contributed by atoms with Crippen LogP contribution >= 0.6 is 11.3 Å². The van der Waals surface area contributed by atoms with E-state index in [0.29, 0.717) is 13.0 Å². The number of aryl methyl sites for hydroxylation is 1. The molecule has 2 aromatic heterocycles. The van der Waals surface area contributed by atoms with Gasteiger partial charge in [-0.3, -0.25) is 9.69 Å². The van der Waals surface area contributed by atoms with Crippen molar-refractivity contribution in [2.75, 3.05) is 13.6 Å². The average molecular weight is 394 g/mol. The Bertz CT molecular complexity index is 946. The summed E-state index contributed by atoms with van der Waals surface area (Å²) in [5, 5.41) is 8.34. The monoisotopic (exact) mass is 393 g/mol. The van der Waals surface area contributed by atoms with Gasteiger partial charge < -0.3 is 4.42 Å². The zero-order valence-electron chi connectivity index (χ0n) is 16.0. The van der Waals surface area contributed by atoms with E-state index in [-0.39, 0.29) is 11.9 Å². The Morgan fingerprint density at radius 1 is 1.25 bits per heavy atom. The van der Waals surface area contributed by atoms with Crippen molar-refractivity contribution in [2.24, 2.45) is 5.10 Å². The SMILES string of the molecule is Cc1ccc(C2=NN(C(=O)CN(C)Cc3cccs3)[C@@H](c3ccco3)C2)cc1. The number of likely N-dealkylation sites (N-methyl/N-ethyl adjacent to an activating group) is 1. The molecule has 0 aliphatic carbocycles. The molecule has 0 bridgehead atoms. The summed E-state index contributed by atoms with van der Waals surface area (Å²) in [6, 6.07) is 15.9. The van der Waals surface area contributed by atoms with Gasteiger partial charge in [0.25, 0.3) is 5.91 Å². The molecular weight excluding hydrogens is 370 g/mol. The van der Waals surface area contributed by atoms with Gasteiger partial charge in [0, 0.05) is 17.8 Å². The molecule has 0 fully saturated rings. The van der Waals surface area contributed by atoms with Crippen LogP contribution < -0.4 is 0 Å². The maximum atomic E-state index is 13.1. The average Bonchev–Trinajstić information content (AvgIpc) is 3.43. The van der Waals surface area contributed by atoms with Crippen LogP contribution in [0.1, 0.15) is 34.2 Å². The van der Waals surface area contributed by atoms with Gasteiger partial charge in [-0.25, -0.2) is 5.01 Å². The van der Waals surface area contributed by atoms with Crippen LogP contribution in [0.2, 0.25) is 0 Å². The molecule has 1 aliphatic rings. The Morgan fingerprint density at radius 2 is 2.07 bits per heavy atom. The predicted octanol–water partition coefficient (Wildman–Crippen LogP) is 4.46. The molecule has 1 aromatic carbocycles. The molecule has 4 rings (SSSR count). The Morgan fingerprint density at radius 3 is 2.75 bits per heavy atom. The predicted molar refractivity (Wildman–Crippen MR) is 111 cm³/mol. The quantitative estimate of drug-likeness (QED) is 0.621. The van der Waals surface area contributed by atoms with E-state index in [2.05, 4.69) is 42.6 Å². The van der Waals surface area contributed by atoms with Crippen LogP contribution in [-0.4, -0.2) is 35.1 Å². The van der Waals surface area contributed by atoms with E-state index in [9.17, 15) is 4.79 Å². The molecule has 1 aliphatic heterocycles. The molecule has 0 unspecified atom stereocenters. The van der Waals surface area contributed by atoms with E-state index in [4.69, 9.17) is 9.52 Å². The highest BCUT2D eigenvalue weighted by Crippen LogP contribution is 2.33. The van der Waals surface area contributed by atoms with E-state index in [1.807, 2.05) is 30.1 Å². The second-order valence-corrected chi connectivity index (χ2v) is 8.17. The van der Waals surface area contributed by atoms with Crippen LogP contribution in [0.5, 0.6) is 0 Å². The Hall–Kier alpha value is -2.70. The molecule has 5 nitrogen and oxygen atoms in total. The lowest BCUT2D eigenvalue weighted by Gasteiger charge is -2.23. The number of carbonyl (C=O) groups excluding carboxylic acids is 1. The van der Waals surface area contributed by atoms with Crippen molar-refractivity contribution >= 4 is 23.0 Å². The first-order valence-corrected chi connectivity index (χ1v) is 10.2. The smallest absolute Gasteiger partial charge is 0.257 e. The minimum absolute atomic E-state index is 0.0254. The second-order valence-electron chi connectivity index (χ2n) is 7.14. The van der Waals surface area contributed by atoms with Crippen LogP contribution in [0.3, 0.4) is 0 Å². The largest absolute Gasteiger partial charge is 0.467 e. The molecule has 0 saturated heterocycles. The number of benzene rings is 1. The van der Waals surface area contributed by atoms with Gasteiger partial charge in [0.2, 0.25) is 0 Å². The molecule has 28 heavy (non-hydrogen) atoms. The van der Waals surface area contributed by atoms with Crippen LogP contribution in [0, 0.1) is 6.92 Å². The summed E-state index contributed by atoms with van der Waals surface area (Å²) in [6.07, 6.45) is 2.29. The Balaban J connectivity index is 1.53. The zero-order chi connectivity index (χ0) is 19.5. The summed E-state index contributed by atoms with van der Waals surface area (Å²) < 4.78 is 5.61. The third kappa shape index (κ3) is 4.08. The third-order valence-electron chi connectivity index (χ3n) is 4.83. The highest BCUT2D eigenvalue weighted by Gasteiger charge is 2.35. The molecule has 0 saturated carbocycles. The summed E-state index contributed by atoms with van der Waals surface area (Å²) in [6.45, 7) is 3.11. The third-order valence-corrected chi connectivity index (χ3v) is 5.69. The van der Waals surface area contributed by atoms with Gasteiger partial charge in [0.1, 0.15) is 11.8 Å². The molecule has 3 aromatic rings. The highest BCUT2D eigenvalue weighted by atomic mass is 32.1. The number of furan rings is 1. The van der Waals surface area contributed by atoms with E-state index >= 15 is 0 Å². The van der Waals surface area contributed by atoms with Crippen LogP contribution in [0.25, 0.3) is 0 Å². The summed E-state index contributed by atoms with van der Waals surface area (Å²) in [4.78, 5) is 16.3. The molecule has 1 amide bonds. The lowest BCUT2D eigenvalue weighted by atomic mass is 10.0. The van der Waals surface area contributed by atoms with Crippen molar-refractivity contribution in [1.29, 1.82) is 0 Å². The number of nitrogens with zero attached hydrogens (tertiary/aromatic N) is 3. The van der Waals surface area contributed by atoms with Gasteiger partial charge in [-0.2, -0.15) is 5.10 Å².